The zero-order valence-corrected chi connectivity index (χ0v) is 19.5. The number of hydrogen-bond acceptors (Lipinski definition) is 5. The molecule has 1 unspecified atom stereocenters. The van der Waals surface area contributed by atoms with Crippen LogP contribution in [0.15, 0.2) is 47.6 Å². The number of anilines is 1. The number of alkyl halides is 3. The van der Waals surface area contributed by atoms with Crippen LogP contribution < -0.4 is 15.8 Å². The van der Waals surface area contributed by atoms with Crippen LogP contribution in [0.1, 0.15) is 54.6 Å². The first-order chi connectivity index (χ1) is 16.9. The fourth-order valence-electron chi connectivity index (χ4n) is 3.64. The summed E-state index contributed by atoms with van der Waals surface area (Å²) < 4.78 is 55.6. The van der Waals surface area contributed by atoms with Crippen LogP contribution in [0.5, 0.6) is 5.75 Å². The number of amides is 1. The lowest BCUT2D eigenvalue weighted by Gasteiger charge is -2.18. The van der Waals surface area contributed by atoms with Crippen molar-refractivity contribution in [1.29, 1.82) is 0 Å². The normalized spacial score (nSPS) is 16.0. The Hall–Kier alpha value is -3.89. The van der Waals surface area contributed by atoms with E-state index in [1.165, 1.54) is 30.6 Å². The second-order valence-electron chi connectivity index (χ2n) is 8.45. The van der Waals surface area contributed by atoms with Crippen molar-refractivity contribution in [1.82, 2.24) is 0 Å². The molecule has 2 aromatic carbocycles. The van der Waals surface area contributed by atoms with Crippen LogP contribution in [0, 0.1) is 5.82 Å². The monoisotopic (exact) mass is 507 g/mol. The van der Waals surface area contributed by atoms with Gasteiger partial charge in [0.15, 0.2) is 0 Å². The van der Waals surface area contributed by atoms with Gasteiger partial charge in [-0.3, -0.25) is 9.79 Å². The number of benzene rings is 2. The number of carbonyl (C=O) groups excluding carboxylic acids is 1. The van der Waals surface area contributed by atoms with Crippen molar-refractivity contribution in [2.45, 2.75) is 50.9 Å². The van der Waals surface area contributed by atoms with Gasteiger partial charge in [0.05, 0.1) is 11.0 Å². The van der Waals surface area contributed by atoms with E-state index in [9.17, 15) is 32.3 Å². The van der Waals surface area contributed by atoms with Gasteiger partial charge in [-0.1, -0.05) is 19.1 Å². The molecule has 7 nitrogen and oxygen atoms in total. The maximum absolute atomic E-state index is 14.6. The molecule has 0 aromatic heterocycles. The first-order valence-electron chi connectivity index (χ1n) is 11.1. The van der Waals surface area contributed by atoms with E-state index in [0.717, 1.165) is 18.6 Å². The van der Waals surface area contributed by atoms with Crippen LogP contribution in [0.4, 0.5) is 23.2 Å². The number of nitrogens with one attached hydrogen (secondary N) is 1. The predicted octanol–water partition coefficient (Wildman–Crippen LogP) is 5.26. The van der Waals surface area contributed by atoms with E-state index in [4.69, 9.17) is 5.73 Å². The molecule has 11 heteroatoms. The molecule has 0 heterocycles. The van der Waals surface area contributed by atoms with Gasteiger partial charge < -0.3 is 20.9 Å². The zero-order chi connectivity index (χ0) is 26.7. The SMILES string of the molecule is CCC(C)N=CC(=CN)c1ccc(NC(=O)C2(c3ccc(OC(F)(F)F)cc3F)CC2)cc1C(=O)O. The highest BCUT2D eigenvalue weighted by Gasteiger charge is 2.53. The third-order valence-corrected chi connectivity index (χ3v) is 5.93. The Morgan fingerprint density at radius 2 is 1.92 bits per heavy atom. The van der Waals surface area contributed by atoms with E-state index >= 15 is 0 Å². The van der Waals surface area contributed by atoms with Crippen molar-refractivity contribution < 1.29 is 37.0 Å². The Morgan fingerprint density at radius 1 is 1.22 bits per heavy atom. The largest absolute Gasteiger partial charge is 0.573 e. The van der Waals surface area contributed by atoms with E-state index in [2.05, 4.69) is 15.0 Å². The number of carboxylic acid groups (broad SMARTS) is 1. The van der Waals surface area contributed by atoms with Gasteiger partial charge in [0.2, 0.25) is 5.91 Å². The Bertz CT molecular complexity index is 1220. The number of hydrogen-bond donors (Lipinski definition) is 3. The van der Waals surface area contributed by atoms with Crippen molar-refractivity contribution in [3.63, 3.8) is 0 Å². The Morgan fingerprint density at radius 3 is 2.44 bits per heavy atom. The molecule has 0 bridgehead atoms. The molecule has 1 amide bonds. The molecule has 1 saturated carbocycles. The number of carboxylic acids is 1. The van der Waals surface area contributed by atoms with Crippen molar-refractivity contribution >= 4 is 29.4 Å². The van der Waals surface area contributed by atoms with Gasteiger partial charge in [0.1, 0.15) is 11.6 Å². The second-order valence-corrected chi connectivity index (χ2v) is 8.45. The van der Waals surface area contributed by atoms with Gasteiger partial charge in [-0.2, -0.15) is 0 Å². The van der Waals surface area contributed by atoms with Crippen molar-refractivity contribution in [3.05, 3.63) is 65.1 Å². The summed E-state index contributed by atoms with van der Waals surface area (Å²) in [6.07, 6.45) is -0.931. The molecule has 1 atom stereocenters. The summed E-state index contributed by atoms with van der Waals surface area (Å²) >= 11 is 0. The number of halogens is 4. The summed E-state index contributed by atoms with van der Waals surface area (Å²) in [5, 5.41) is 12.3. The summed E-state index contributed by atoms with van der Waals surface area (Å²) in [5.41, 5.74) is 5.03. The van der Waals surface area contributed by atoms with E-state index in [1.807, 2.05) is 13.8 Å². The number of rotatable bonds is 9. The third-order valence-electron chi connectivity index (χ3n) is 5.93. The number of nitrogens with zero attached hydrogens (tertiary/aromatic N) is 1. The molecule has 1 fully saturated rings. The topological polar surface area (TPSA) is 114 Å². The maximum Gasteiger partial charge on any atom is 0.573 e. The Balaban J connectivity index is 1.85. The predicted molar refractivity (Wildman–Crippen MR) is 126 cm³/mol. The highest BCUT2D eigenvalue weighted by molar-refractivity contribution is 6.13. The van der Waals surface area contributed by atoms with Crippen molar-refractivity contribution in [2.75, 3.05) is 5.32 Å². The summed E-state index contributed by atoms with van der Waals surface area (Å²) in [4.78, 5) is 29.3. The average molecular weight is 507 g/mol. The third kappa shape index (κ3) is 6.02. The molecule has 0 saturated heterocycles. The first-order valence-corrected chi connectivity index (χ1v) is 11.1. The van der Waals surface area contributed by atoms with Crippen LogP contribution >= 0.6 is 0 Å². The van der Waals surface area contributed by atoms with Crippen LogP contribution in [-0.2, 0) is 10.2 Å². The molecule has 0 aliphatic heterocycles. The van der Waals surface area contributed by atoms with E-state index in [-0.39, 0.29) is 35.7 Å². The highest BCUT2D eigenvalue weighted by atomic mass is 19.4. The number of nitrogens with two attached hydrogens (primary N) is 1. The lowest BCUT2D eigenvalue weighted by Crippen LogP contribution is -2.29. The number of aromatic carboxylic acids is 1. The number of ether oxygens (including phenoxy) is 1. The molecule has 3 rings (SSSR count). The Labute approximate surface area is 204 Å². The molecule has 36 heavy (non-hydrogen) atoms. The fraction of sp³-hybridized carbons (Fsp3) is 0.320. The quantitative estimate of drug-likeness (QED) is 0.316. The maximum atomic E-state index is 14.6. The van der Waals surface area contributed by atoms with Crippen LogP contribution in [0.2, 0.25) is 0 Å². The van der Waals surface area contributed by atoms with E-state index in [1.54, 1.807) is 0 Å². The van der Waals surface area contributed by atoms with E-state index in [0.29, 0.717) is 17.2 Å². The molecule has 1 aliphatic rings. The van der Waals surface area contributed by atoms with Gasteiger partial charge >= 0.3 is 12.3 Å². The van der Waals surface area contributed by atoms with Crippen molar-refractivity contribution in [2.24, 2.45) is 10.7 Å². The number of carbonyl (C=O) groups is 2. The van der Waals surface area contributed by atoms with Gasteiger partial charge in [0, 0.05) is 41.3 Å². The minimum absolute atomic E-state index is 0.0102. The minimum atomic E-state index is -4.98. The summed E-state index contributed by atoms with van der Waals surface area (Å²) in [7, 11) is 0. The average Bonchev–Trinajstić information content (AvgIpc) is 3.60. The number of allylic oxidation sites excluding steroid dienone is 1. The van der Waals surface area contributed by atoms with Gasteiger partial charge in [0.25, 0.3) is 0 Å². The second kappa shape index (κ2) is 10.4. The van der Waals surface area contributed by atoms with Gasteiger partial charge in [-0.05, 0) is 49.9 Å². The summed E-state index contributed by atoms with van der Waals surface area (Å²) in [6, 6.07) is 6.83. The van der Waals surface area contributed by atoms with E-state index < -0.39 is 35.2 Å². The lowest BCUT2D eigenvalue weighted by molar-refractivity contribution is -0.274. The molecule has 4 N–H and O–H groups in total. The standard InChI is InChI=1S/C25H25F4N3O4/c1-3-14(2)31-13-15(12-30)18-6-4-16(10-19(18)22(33)34)32-23(35)24(8-9-24)20-7-5-17(11-21(20)26)36-25(27,28)29/h4-7,10-14H,3,8-9,30H2,1-2H3,(H,32,35)(H,33,34). The smallest absolute Gasteiger partial charge is 0.478 e. The number of aliphatic imine (C=N–C) groups is 1. The lowest BCUT2D eigenvalue weighted by atomic mass is 9.93. The molecule has 1 aliphatic carbocycles. The first kappa shape index (κ1) is 26.7. The van der Waals surface area contributed by atoms with Crippen LogP contribution in [-0.4, -0.2) is 35.6 Å². The molecular formula is C25H25F4N3O4. The summed E-state index contributed by atoms with van der Waals surface area (Å²) in [6.45, 7) is 3.85. The van der Waals surface area contributed by atoms with Crippen LogP contribution in [0.3, 0.4) is 0 Å². The van der Waals surface area contributed by atoms with Gasteiger partial charge in [-0.25, -0.2) is 9.18 Å². The van der Waals surface area contributed by atoms with Crippen molar-refractivity contribution in [3.8, 4) is 5.75 Å². The molecule has 2 aromatic rings. The highest BCUT2D eigenvalue weighted by Crippen LogP contribution is 2.50. The Kier molecular flexibility index (Phi) is 7.71. The summed E-state index contributed by atoms with van der Waals surface area (Å²) in [5.74, 6) is -3.61. The molecule has 192 valence electrons. The molecule has 0 radical (unpaired) electrons. The van der Waals surface area contributed by atoms with Crippen LogP contribution in [0.25, 0.3) is 5.57 Å². The molecular weight excluding hydrogens is 482 g/mol. The van der Waals surface area contributed by atoms with Gasteiger partial charge in [-0.15, -0.1) is 13.2 Å². The minimum Gasteiger partial charge on any atom is -0.478 e. The fourth-order valence-corrected chi connectivity index (χ4v) is 3.64. The molecule has 0 spiro atoms. The zero-order valence-electron chi connectivity index (χ0n) is 19.5.